The van der Waals surface area contributed by atoms with Gasteiger partial charge < -0.3 is 9.47 Å². The quantitative estimate of drug-likeness (QED) is 0.728. The van der Waals surface area contributed by atoms with Crippen LogP contribution in [0.2, 0.25) is 0 Å². The van der Waals surface area contributed by atoms with Crippen LogP contribution in [-0.4, -0.2) is 25.4 Å². The van der Waals surface area contributed by atoms with E-state index < -0.39 is 0 Å². The van der Waals surface area contributed by atoms with E-state index in [-0.39, 0.29) is 7.43 Å². The summed E-state index contributed by atoms with van der Waals surface area (Å²) < 4.78 is 10.5. The Morgan fingerprint density at radius 2 is 1.35 bits per heavy atom. The molecule has 2 fully saturated rings. The highest BCUT2D eigenvalue weighted by atomic mass is 16.5. The summed E-state index contributed by atoms with van der Waals surface area (Å²) in [5.74, 6) is 0. The molecular weight excluding hydrogens is 212 g/mol. The molecule has 2 heteroatoms. The van der Waals surface area contributed by atoms with Crippen molar-refractivity contribution in [1.82, 2.24) is 0 Å². The third-order valence-electron chi connectivity index (χ3n) is 4.57. The van der Waals surface area contributed by atoms with Crippen molar-refractivity contribution in [2.75, 3.05) is 19.8 Å². The highest BCUT2D eigenvalue weighted by Gasteiger charge is 2.34. The standard InChI is InChI=1S/2C7H14O.CH4/c1-3-7(4-2)5-8-6-7;1-3-7(4-2)5-6-8-7;/h2*3-6H2,1-2H3;1H4. The van der Waals surface area contributed by atoms with Crippen molar-refractivity contribution < 1.29 is 9.47 Å². The molecule has 2 heterocycles. The van der Waals surface area contributed by atoms with Crippen molar-refractivity contribution >= 4 is 0 Å². The van der Waals surface area contributed by atoms with Crippen molar-refractivity contribution in [1.29, 1.82) is 0 Å². The van der Waals surface area contributed by atoms with Gasteiger partial charge in [-0.15, -0.1) is 0 Å². The number of rotatable bonds is 4. The topological polar surface area (TPSA) is 18.5 Å². The van der Waals surface area contributed by atoms with Crippen LogP contribution in [0.15, 0.2) is 0 Å². The van der Waals surface area contributed by atoms with E-state index in [1.54, 1.807) is 0 Å². The molecule has 0 bridgehead atoms. The summed E-state index contributed by atoms with van der Waals surface area (Å²) in [4.78, 5) is 0. The van der Waals surface area contributed by atoms with Crippen LogP contribution in [0.1, 0.15) is 67.2 Å². The van der Waals surface area contributed by atoms with Gasteiger partial charge in [-0.1, -0.05) is 35.1 Å². The molecule has 0 unspecified atom stereocenters. The van der Waals surface area contributed by atoms with Crippen LogP contribution < -0.4 is 0 Å². The molecule has 2 aliphatic rings. The van der Waals surface area contributed by atoms with Gasteiger partial charge in [-0.25, -0.2) is 0 Å². The summed E-state index contributed by atoms with van der Waals surface area (Å²) in [6, 6.07) is 0. The lowest BCUT2D eigenvalue weighted by atomic mass is 9.81. The van der Waals surface area contributed by atoms with Crippen molar-refractivity contribution in [2.45, 2.75) is 72.8 Å². The maximum absolute atomic E-state index is 5.42. The number of ether oxygens (including phenoxy) is 2. The molecule has 2 aliphatic heterocycles. The predicted octanol–water partition coefficient (Wildman–Crippen LogP) is 4.42. The van der Waals surface area contributed by atoms with Gasteiger partial charge in [-0.05, 0) is 32.1 Å². The predicted molar refractivity (Wildman–Crippen MR) is 74.4 cm³/mol. The molecule has 0 spiro atoms. The number of hydrogen-bond donors (Lipinski definition) is 0. The summed E-state index contributed by atoms with van der Waals surface area (Å²) in [6.45, 7) is 11.9. The van der Waals surface area contributed by atoms with Crippen LogP contribution in [-0.2, 0) is 9.47 Å². The van der Waals surface area contributed by atoms with Crippen molar-refractivity contribution in [3.8, 4) is 0 Å². The molecule has 2 saturated heterocycles. The molecule has 0 atom stereocenters. The minimum atomic E-state index is 0. The fourth-order valence-electron chi connectivity index (χ4n) is 2.25. The van der Waals surface area contributed by atoms with Crippen LogP contribution in [0, 0.1) is 5.41 Å². The van der Waals surface area contributed by atoms with Crippen LogP contribution in [0.5, 0.6) is 0 Å². The summed E-state index contributed by atoms with van der Waals surface area (Å²) in [7, 11) is 0. The zero-order chi connectivity index (χ0) is 12.1. The SMILES string of the molecule is C.CCC1(CC)CCO1.CCC1(CC)COC1. The van der Waals surface area contributed by atoms with Gasteiger partial charge in [0.05, 0.1) is 25.4 Å². The van der Waals surface area contributed by atoms with Crippen LogP contribution in [0.25, 0.3) is 0 Å². The Kier molecular flexibility index (Phi) is 7.34. The zero-order valence-corrected chi connectivity index (χ0v) is 11.5. The second kappa shape index (κ2) is 7.38. The molecule has 0 amide bonds. The van der Waals surface area contributed by atoms with E-state index in [2.05, 4.69) is 27.7 Å². The highest BCUT2D eigenvalue weighted by molar-refractivity contribution is 4.84. The second-order valence-corrected chi connectivity index (χ2v) is 5.19. The van der Waals surface area contributed by atoms with E-state index in [1.807, 2.05) is 0 Å². The lowest BCUT2D eigenvalue weighted by molar-refractivity contribution is -0.150. The maximum Gasteiger partial charge on any atom is 0.0699 e. The first-order chi connectivity index (χ1) is 7.66. The average molecular weight is 244 g/mol. The lowest BCUT2D eigenvalue weighted by Crippen LogP contribution is -2.42. The van der Waals surface area contributed by atoms with E-state index in [0.717, 1.165) is 19.8 Å². The Balaban J connectivity index is 0.000000284. The Labute approximate surface area is 108 Å². The Morgan fingerprint density at radius 1 is 0.882 bits per heavy atom. The zero-order valence-electron chi connectivity index (χ0n) is 11.5. The third-order valence-corrected chi connectivity index (χ3v) is 4.57. The normalized spacial score (nSPS) is 23.3. The highest BCUT2D eigenvalue weighted by Crippen LogP contribution is 2.34. The Bertz CT molecular complexity index is 144. The minimum Gasteiger partial charge on any atom is -0.380 e. The smallest absolute Gasteiger partial charge is 0.0699 e. The van der Waals surface area contributed by atoms with Crippen LogP contribution in [0.3, 0.4) is 0 Å². The monoisotopic (exact) mass is 244 g/mol. The molecule has 0 aliphatic carbocycles. The van der Waals surface area contributed by atoms with E-state index in [0.29, 0.717) is 11.0 Å². The molecule has 0 aromatic heterocycles. The molecule has 0 N–H and O–H groups in total. The molecule has 0 radical (unpaired) electrons. The van der Waals surface area contributed by atoms with E-state index in [1.165, 1.54) is 32.1 Å². The fraction of sp³-hybridized carbons (Fsp3) is 1.00. The van der Waals surface area contributed by atoms with E-state index in [4.69, 9.17) is 9.47 Å². The van der Waals surface area contributed by atoms with Gasteiger partial charge >= 0.3 is 0 Å². The minimum absolute atomic E-state index is 0. The van der Waals surface area contributed by atoms with Crippen LogP contribution >= 0.6 is 0 Å². The summed E-state index contributed by atoms with van der Waals surface area (Å²) in [5, 5.41) is 0. The molecule has 0 saturated carbocycles. The van der Waals surface area contributed by atoms with E-state index >= 15 is 0 Å². The largest absolute Gasteiger partial charge is 0.380 e. The molecular formula is C15H32O2. The Hall–Kier alpha value is -0.0800. The average Bonchev–Trinajstić information content (AvgIpc) is 2.19. The van der Waals surface area contributed by atoms with E-state index in [9.17, 15) is 0 Å². The molecule has 0 aromatic rings. The van der Waals surface area contributed by atoms with Gasteiger partial charge in [0, 0.05) is 5.41 Å². The third kappa shape index (κ3) is 3.96. The lowest BCUT2D eigenvalue weighted by Gasteiger charge is -2.40. The summed E-state index contributed by atoms with van der Waals surface area (Å²) in [6.07, 6.45) is 6.21. The fourth-order valence-corrected chi connectivity index (χ4v) is 2.25. The molecule has 2 nitrogen and oxygen atoms in total. The van der Waals surface area contributed by atoms with Gasteiger partial charge in [0.1, 0.15) is 0 Å². The van der Waals surface area contributed by atoms with Crippen molar-refractivity contribution in [3.05, 3.63) is 0 Å². The first-order valence-electron chi connectivity index (χ1n) is 6.87. The van der Waals surface area contributed by atoms with Gasteiger partial charge in [-0.3, -0.25) is 0 Å². The number of hydrogen-bond acceptors (Lipinski definition) is 2. The molecule has 0 aromatic carbocycles. The van der Waals surface area contributed by atoms with Crippen molar-refractivity contribution in [3.63, 3.8) is 0 Å². The van der Waals surface area contributed by atoms with Gasteiger partial charge in [0.25, 0.3) is 0 Å². The maximum atomic E-state index is 5.42. The van der Waals surface area contributed by atoms with Gasteiger partial charge in [0.2, 0.25) is 0 Å². The van der Waals surface area contributed by atoms with Gasteiger partial charge in [0.15, 0.2) is 0 Å². The first kappa shape index (κ1) is 16.9. The molecule has 2 rings (SSSR count). The first-order valence-corrected chi connectivity index (χ1v) is 6.87. The second-order valence-electron chi connectivity index (χ2n) is 5.19. The molecule has 17 heavy (non-hydrogen) atoms. The molecule has 104 valence electrons. The van der Waals surface area contributed by atoms with Crippen molar-refractivity contribution in [2.24, 2.45) is 5.41 Å². The summed E-state index contributed by atoms with van der Waals surface area (Å²) in [5.41, 5.74) is 0.889. The Morgan fingerprint density at radius 3 is 1.35 bits per heavy atom. The van der Waals surface area contributed by atoms with Crippen LogP contribution in [0.4, 0.5) is 0 Å². The summed E-state index contributed by atoms with van der Waals surface area (Å²) >= 11 is 0. The van der Waals surface area contributed by atoms with Gasteiger partial charge in [-0.2, -0.15) is 0 Å².